The standard InChI is InChI=1S/C14H20N2S/c1-3-7-14-15-12-8-4-5-9-13(12)16(14)10-6-11-17-2/h4-5,8-9H,3,6-7,10-11H2,1-2H3. The van der Waals surface area contributed by atoms with Crippen LogP contribution in [0.5, 0.6) is 0 Å². The molecule has 0 aliphatic heterocycles. The normalized spacial score (nSPS) is 11.2. The fourth-order valence-electron chi connectivity index (χ4n) is 2.16. The topological polar surface area (TPSA) is 17.8 Å². The lowest BCUT2D eigenvalue weighted by molar-refractivity contribution is 0.650. The molecule has 0 amide bonds. The van der Waals surface area contributed by atoms with E-state index in [1.54, 1.807) is 0 Å². The van der Waals surface area contributed by atoms with Crippen molar-refractivity contribution in [3.8, 4) is 0 Å². The van der Waals surface area contributed by atoms with Crippen molar-refractivity contribution in [3.05, 3.63) is 30.1 Å². The van der Waals surface area contributed by atoms with Crippen molar-refractivity contribution in [2.24, 2.45) is 0 Å². The maximum absolute atomic E-state index is 4.74. The van der Waals surface area contributed by atoms with E-state index in [2.05, 4.69) is 42.0 Å². The molecule has 0 aliphatic rings. The summed E-state index contributed by atoms with van der Waals surface area (Å²) in [4.78, 5) is 4.74. The molecule has 0 saturated carbocycles. The molecular formula is C14H20N2S. The SMILES string of the molecule is CCCc1nc2ccccc2n1CCCSC. The van der Waals surface area contributed by atoms with Gasteiger partial charge >= 0.3 is 0 Å². The molecule has 0 aliphatic carbocycles. The zero-order valence-corrected chi connectivity index (χ0v) is 11.5. The van der Waals surface area contributed by atoms with E-state index in [4.69, 9.17) is 4.98 Å². The lowest BCUT2D eigenvalue weighted by Crippen LogP contribution is -2.04. The van der Waals surface area contributed by atoms with E-state index in [0.29, 0.717) is 0 Å². The number of hydrogen-bond donors (Lipinski definition) is 0. The van der Waals surface area contributed by atoms with E-state index in [1.165, 1.54) is 23.5 Å². The Hall–Kier alpha value is -0.960. The Bertz CT molecular complexity index is 476. The van der Waals surface area contributed by atoms with Crippen LogP contribution in [0.1, 0.15) is 25.6 Å². The number of rotatable bonds is 6. The van der Waals surface area contributed by atoms with E-state index in [9.17, 15) is 0 Å². The summed E-state index contributed by atoms with van der Waals surface area (Å²) in [6.45, 7) is 3.31. The van der Waals surface area contributed by atoms with Gasteiger partial charge in [0, 0.05) is 13.0 Å². The number of fused-ring (bicyclic) bond motifs is 1. The summed E-state index contributed by atoms with van der Waals surface area (Å²) in [6, 6.07) is 8.46. The molecule has 0 N–H and O–H groups in total. The smallest absolute Gasteiger partial charge is 0.109 e. The van der Waals surface area contributed by atoms with Gasteiger partial charge < -0.3 is 4.57 Å². The maximum Gasteiger partial charge on any atom is 0.109 e. The summed E-state index contributed by atoms with van der Waals surface area (Å²) in [5.74, 6) is 2.47. The summed E-state index contributed by atoms with van der Waals surface area (Å²) in [7, 11) is 0. The van der Waals surface area contributed by atoms with Crippen molar-refractivity contribution in [2.45, 2.75) is 32.7 Å². The van der Waals surface area contributed by atoms with E-state index < -0.39 is 0 Å². The quantitative estimate of drug-likeness (QED) is 0.725. The first kappa shape index (κ1) is 12.5. The Morgan fingerprint density at radius 2 is 2.12 bits per heavy atom. The molecule has 1 heterocycles. The van der Waals surface area contributed by atoms with Crippen molar-refractivity contribution < 1.29 is 0 Å². The Morgan fingerprint density at radius 3 is 2.88 bits per heavy atom. The Morgan fingerprint density at radius 1 is 1.29 bits per heavy atom. The van der Waals surface area contributed by atoms with E-state index >= 15 is 0 Å². The molecule has 0 bridgehead atoms. The van der Waals surface area contributed by atoms with Crippen LogP contribution < -0.4 is 0 Å². The number of para-hydroxylation sites is 2. The van der Waals surface area contributed by atoms with Gasteiger partial charge in [-0.15, -0.1) is 0 Å². The number of thioether (sulfide) groups is 1. The molecule has 0 radical (unpaired) electrons. The highest BCUT2D eigenvalue weighted by atomic mass is 32.2. The van der Waals surface area contributed by atoms with E-state index in [1.807, 2.05) is 11.8 Å². The molecule has 0 atom stereocenters. The highest BCUT2D eigenvalue weighted by Crippen LogP contribution is 2.18. The van der Waals surface area contributed by atoms with Gasteiger partial charge in [-0.2, -0.15) is 11.8 Å². The molecule has 2 nitrogen and oxygen atoms in total. The molecular weight excluding hydrogens is 228 g/mol. The lowest BCUT2D eigenvalue weighted by Gasteiger charge is -2.07. The van der Waals surface area contributed by atoms with Crippen LogP contribution in [0.3, 0.4) is 0 Å². The number of hydrogen-bond acceptors (Lipinski definition) is 2. The predicted octanol–water partition coefficient (Wildman–Crippen LogP) is 3.74. The third kappa shape index (κ3) is 2.83. The highest BCUT2D eigenvalue weighted by Gasteiger charge is 2.08. The molecule has 1 aromatic heterocycles. The first-order valence-electron chi connectivity index (χ1n) is 6.30. The van der Waals surface area contributed by atoms with Crippen molar-refractivity contribution in [1.82, 2.24) is 9.55 Å². The minimum Gasteiger partial charge on any atom is -0.328 e. The van der Waals surface area contributed by atoms with Gasteiger partial charge in [-0.25, -0.2) is 4.98 Å². The summed E-state index contributed by atoms with van der Waals surface area (Å²) in [5, 5.41) is 0. The molecule has 0 spiro atoms. The van der Waals surface area contributed by atoms with Crippen molar-refractivity contribution in [3.63, 3.8) is 0 Å². The predicted molar refractivity (Wildman–Crippen MR) is 76.7 cm³/mol. The summed E-state index contributed by atoms with van der Waals surface area (Å²) in [6.07, 6.45) is 5.62. The second-order valence-electron chi connectivity index (χ2n) is 4.26. The van der Waals surface area contributed by atoms with Gasteiger partial charge in [0.1, 0.15) is 5.82 Å². The second-order valence-corrected chi connectivity index (χ2v) is 5.25. The van der Waals surface area contributed by atoms with Crippen LogP contribution in [0.25, 0.3) is 11.0 Å². The van der Waals surface area contributed by atoms with Crippen LogP contribution in [0.2, 0.25) is 0 Å². The summed E-state index contributed by atoms with van der Waals surface area (Å²) in [5.41, 5.74) is 2.43. The Kier molecular flexibility index (Phi) is 4.49. The maximum atomic E-state index is 4.74. The number of benzene rings is 1. The average molecular weight is 248 g/mol. The molecule has 2 rings (SSSR count). The first-order valence-corrected chi connectivity index (χ1v) is 7.69. The van der Waals surface area contributed by atoms with Crippen LogP contribution >= 0.6 is 11.8 Å². The third-order valence-electron chi connectivity index (χ3n) is 2.94. The van der Waals surface area contributed by atoms with Gasteiger partial charge in [0.2, 0.25) is 0 Å². The number of imidazole rings is 1. The average Bonchev–Trinajstić information content (AvgIpc) is 2.69. The minimum atomic E-state index is 1.08. The van der Waals surface area contributed by atoms with Gasteiger partial charge in [0.15, 0.2) is 0 Å². The van der Waals surface area contributed by atoms with E-state index in [0.717, 1.165) is 24.9 Å². The van der Waals surface area contributed by atoms with Crippen molar-refractivity contribution in [2.75, 3.05) is 12.0 Å². The fourth-order valence-corrected chi connectivity index (χ4v) is 2.57. The summed E-state index contributed by atoms with van der Waals surface area (Å²) < 4.78 is 2.40. The fraction of sp³-hybridized carbons (Fsp3) is 0.500. The Labute approximate surface area is 107 Å². The minimum absolute atomic E-state index is 1.08. The zero-order chi connectivity index (χ0) is 12.1. The molecule has 0 unspecified atom stereocenters. The molecule has 92 valence electrons. The van der Waals surface area contributed by atoms with Gasteiger partial charge in [-0.1, -0.05) is 19.1 Å². The molecule has 0 saturated heterocycles. The lowest BCUT2D eigenvalue weighted by atomic mass is 10.3. The largest absolute Gasteiger partial charge is 0.328 e. The van der Waals surface area contributed by atoms with Crippen LogP contribution in [0.15, 0.2) is 24.3 Å². The van der Waals surface area contributed by atoms with Gasteiger partial charge in [-0.3, -0.25) is 0 Å². The van der Waals surface area contributed by atoms with Gasteiger partial charge in [-0.05, 0) is 37.0 Å². The van der Waals surface area contributed by atoms with Crippen molar-refractivity contribution in [1.29, 1.82) is 0 Å². The number of aryl methyl sites for hydroxylation is 2. The molecule has 2 aromatic rings. The highest BCUT2D eigenvalue weighted by molar-refractivity contribution is 7.98. The van der Waals surface area contributed by atoms with Crippen LogP contribution in [-0.4, -0.2) is 21.6 Å². The van der Waals surface area contributed by atoms with Crippen LogP contribution in [0, 0.1) is 0 Å². The molecule has 3 heteroatoms. The van der Waals surface area contributed by atoms with Crippen molar-refractivity contribution >= 4 is 22.8 Å². The van der Waals surface area contributed by atoms with Crippen LogP contribution in [0.4, 0.5) is 0 Å². The van der Waals surface area contributed by atoms with E-state index in [-0.39, 0.29) is 0 Å². The molecule has 0 fully saturated rings. The first-order chi connectivity index (χ1) is 8.36. The van der Waals surface area contributed by atoms with Gasteiger partial charge in [0.05, 0.1) is 11.0 Å². The second kappa shape index (κ2) is 6.10. The van der Waals surface area contributed by atoms with Crippen LogP contribution in [-0.2, 0) is 13.0 Å². The number of nitrogens with zero attached hydrogens (tertiary/aromatic N) is 2. The monoisotopic (exact) mass is 248 g/mol. The number of aromatic nitrogens is 2. The Balaban J connectivity index is 2.30. The zero-order valence-electron chi connectivity index (χ0n) is 10.6. The molecule has 17 heavy (non-hydrogen) atoms. The third-order valence-corrected chi connectivity index (χ3v) is 3.63. The molecule has 1 aromatic carbocycles. The van der Waals surface area contributed by atoms with Gasteiger partial charge in [0.25, 0.3) is 0 Å². The summed E-state index contributed by atoms with van der Waals surface area (Å²) >= 11 is 1.91.